The highest BCUT2D eigenvalue weighted by Gasteiger charge is 2.25. The first kappa shape index (κ1) is 17.5. The lowest BCUT2D eigenvalue weighted by Gasteiger charge is -2.31. The first-order valence-corrected chi connectivity index (χ1v) is 7.42. The summed E-state index contributed by atoms with van der Waals surface area (Å²) in [5.74, 6) is -0.629. The molecule has 0 aromatic heterocycles. The summed E-state index contributed by atoms with van der Waals surface area (Å²) in [6.45, 7) is 1.02. The molecule has 1 aromatic carbocycles. The van der Waals surface area contributed by atoms with Gasteiger partial charge in [-0.25, -0.2) is 9.59 Å². The molecule has 1 aromatic rings. The van der Waals surface area contributed by atoms with E-state index < -0.39 is 10.9 Å². The van der Waals surface area contributed by atoms with Crippen LogP contribution in [0, 0.1) is 10.1 Å². The summed E-state index contributed by atoms with van der Waals surface area (Å²) >= 11 is 0. The molecule has 9 heteroatoms. The lowest BCUT2D eigenvalue weighted by molar-refractivity contribution is -0.384. The summed E-state index contributed by atoms with van der Waals surface area (Å²) in [5, 5.41) is 14.4. The van der Waals surface area contributed by atoms with Gasteiger partial charge in [0.15, 0.2) is 0 Å². The fraction of sp³-hybridized carbons (Fsp3) is 0.467. The molecule has 9 nitrogen and oxygen atoms in total. The number of ether oxygens (including phenoxy) is 2. The monoisotopic (exact) mass is 337 g/mol. The molecular weight excluding hydrogens is 318 g/mol. The van der Waals surface area contributed by atoms with Crippen molar-refractivity contribution in [3.8, 4) is 0 Å². The molecule has 0 bridgehead atoms. The molecular formula is C15H19N3O6. The highest BCUT2D eigenvalue weighted by molar-refractivity contribution is 5.91. The normalized spacial score (nSPS) is 14.8. The number of nitro groups is 1. The summed E-state index contributed by atoms with van der Waals surface area (Å²) < 4.78 is 9.25. The standard InChI is InChI=1S/C15H19N3O6/c1-23-14(19)10-3-4-12(13(9-10)18(21)22)16-11-5-7-17(8-6-11)15(20)24-2/h3-4,9,11,16H,5-8H2,1-2H3. The molecule has 0 unspecified atom stereocenters. The van der Waals surface area contributed by atoms with E-state index in [1.807, 2.05) is 0 Å². The van der Waals surface area contributed by atoms with Crippen molar-refractivity contribution < 1.29 is 24.0 Å². The van der Waals surface area contributed by atoms with E-state index in [-0.39, 0.29) is 23.4 Å². The molecule has 0 radical (unpaired) electrons. The predicted octanol–water partition coefficient (Wildman–Crippen LogP) is 2.02. The van der Waals surface area contributed by atoms with Gasteiger partial charge in [0.1, 0.15) is 5.69 Å². The Labute approximate surface area is 138 Å². The second kappa shape index (κ2) is 7.62. The third-order valence-corrected chi connectivity index (χ3v) is 3.90. The van der Waals surface area contributed by atoms with Crippen LogP contribution in [0.15, 0.2) is 18.2 Å². The average Bonchev–Trinajstić information content (AvgIpc) is 2.61. The van der Waals surface area contributed by atoms with Crippen molar-refractivity contribution in [2.24, 2.45) is 0 Å². The Bertz CT molecular complexity index is 640. The number of anilines is 1. The van der Waals surface area contributed by atoms with Crippen LogP contribution >= 0.6 is 0 Å². The van der Waals surface area contributed by atoms with Crippen LogP contribution in [0.25, 0.3) is 0 Å². The van der Waals surface area contributed by atoms with E-state index in [2.05, 4.69) is 14.8 Å². The first-order chi connectivity index (χ1) is 11.5. The summed E-state index contributed by atoms with van der Waals surface area (Å²) in [7, 11) is 2.55. The van der Waals surface area contributed by atoms with E-state index in [0.29, 0.717) is 31.6 Å². The molecule has 130 valence electrons. The second-order valence-electron chi connectivity index (χ2n) is 5.36. The number of nitrogens with zero attached hydrogens (tertiary/aromatic N) is 2. The fourth-order valence-corrected chi connectivity index (χ4v) is 2.60. The number of methoxy groups -OCH3 is 2. The molecule has 1 heterocycles. The summed E-state index contributed by atoms with van der Waals surface area (Å²) in [5.41, 5.74) is 0.271. The van der Waals surface area contributed by atoms with Gasteiger partial charge in [-0.1, -0.05) is 0 Å². The van der Waals surface area contributed by atoms with Gasteiger partial charge in [-0.05, 0) is 25.0 Å². The number of esters is 1. The maximum atomic E-state index is 11.5. The number of nitro benzene ring substituents is 1. The van der Waals surface area contributed by atoms with Gasteiger partial charge in [0.25, 0.3) is 5.69 Å². The van der Waals surface area contributed by atoms with Crippen LogP contribution in [-0.4, -0.2) is 55.2 Å². The van der Waals surface area contributed by atoms with E-state index in [4.69, 9.17) is 0 Å². The molecule has 0 aliphatic carbocycles. The Morgan fingerprint density at radius 3 is 2.46 bits per heavy atom. The first-order valence-electron chi connectivity index (χ1n) is 7.42. The molecule has 1 saturated heterocycles. The minimum atomic E-state index is -0.629. The van der Waals surface area contributed by atoms with Gasteiger partial charge in [0.2, 0.25) is 0 Å². The van der Waals surface area contributed by atoms with Crippen LogP contribution in [-0.2, 0) is 9.47 Å². The molecule has 24 heavy (non-hydrogen) atoms. The van der Waals surface area contributed by atoms with Crippen molar-refractivity contribution in [3.63, 3.8) is 0 Å². The fourth-order valence-electron chi connectivity index (χ4n) is 2.60. The number of likely N-dealkylation sites (tertiary alicyclic amines) is 1. The number of carbonyl (C=O) groups is 2. The molecule has 1 fully saturated rings. The SMILES string of the molecule is COC(=O)c1ccc(NC2CCN(C(=O)OC)CC2)c([N+](=O)[O-])c1. The lowest BCUT2D eigenvalue weighted by Crippen LogP contribution is -2.42. The number of carbonyl (C=O) groups excluding carboxylic acids is 2. The van der Waals surface area contributed by atoms with Crippen LogP contribution in [0.2, 0.25) is 0 Å². The molecule has 1 aliphatic heterocycles. The van der Waals surface area contributed by atoms with Crippen molar-refractivity contribution in [1.82, 2.24) is 4.90 Å². The predicted molar refractivity (Wildman–Crippen MR) is 85.1 cm³/mol. The Hall–Kier alpha value is -2.84. The van der Waals surface area contributed by atoms with Gasteiger partial charge in [0, 0.05) is 25.2 Å². The van der Waals surface area contributed by atoms with E-state index in [1.54, 1.807) is 4.90 Å². The Kier molecular flexibility index (Phi) is 5.56. The average molecular weight is 337 g/mol. The molecule has 0 saturated carbocycles. The number of piperidine rings is 1. The number of benzene rings is 1. The zero-order chi connectivity index (χ0) is 17.7. The van der Waals surface area contributed by atoms with Crippen molar-refractivity contribution in [2.75, 3.05) is 32.6 Å². The zero-order valence-corrected chi connectivity index (χ0v) is 13.5. The lowest BCUT2D eigenvalue weighted by atomic mass is 10.0. The topological polar surface area (TPSA) is 111 Å². The second-order valence-corrected chi connectivity index (χ2v) is 5.36. The maximum absolute atomic E-state index is 11.5. The molecule has 1 aliphatic rings. The summed E-state index contributed by atoms with van der Waals surface area (Å²) in [6, 6.07) is 4.16. The third-order valence-electron chi connectivity index (χ3n) is 3.90. The summed E-state index contributed by atoms with van der Waals surface area (Å²) in [4.78, 5) is 35.3. The van der Waals surface area contributed by atoms with Gasteiger partial charge < -0.3 is 19.7 Å². The Balaban J connectivity index is 2.09. The molecule has 1 amide bonds. The Morgan fingerprint density at radius 1 is 1.25 bits per heavy atom. The van der Waals surface area contributed by atoms with Crippen molar-refractivity contribution in [3.05, 3.63) is 33.9 Å². The Morgan fingerprint density at radius 2 is 1.92 bits per heavy atom. The van der Waals surface area contributed by atoms with E-state index in [9.17, 15) is 19.7 Å². The van der Waals surface area contributed by atoms with Crippen molar-refractivity contribution in [2.45, 2.75) is 18.9 Å². The molecule has 2 rings (SSSR count). The molecule has 0 spiro atoms. The smallest absolute Gasteiger partial charge is 0.409 e. The van der Waals surface area contributed by atoms with Crippen LogP contribution in [0.3, 0.4) is 0 Å². The van der Waals surface area contributed by atoms with Crippen LogP contribution in [0.5, 0.6) is 0 Å². The number of rotatable bonds is 4. The van der Waals surface area contributed by atoms with Gasteiger partial charge in [-0.15, -0.1) is 0 Å². The van der Waals surface area contributed by atoms with Crippen molar-refractivity contribution >= 4 is 23.4 Å². The van der Waals surface area contributed by atoms with Gasteiger partial charge >= 0.3 is 12.1 Å². The van der Waals surface area contributed by atoms with Crippen LogP contribution < -0.4 is 5.32 Å². The van der Waals surface area contributed by atoms with Crippen LogP contribution in [0.4, 0.5) is 16.2 Å². The number of amides is 1. The van der Waals surface area contributed by atoms with E-state index in [0.717, 1.165) is 0 Å². The van der Waals surface area contributed by atoms with Gasteiger partial charge in [-0.2, -0.15) is 0 Å². The van der Waals surface area contributed by atoms with Gasteiger partial charge in [0.05, 0.1) is 24.7 Å². The third kappa shape index (κ3) is 3.92. The van der Waals surface area contributed by atoms with E-state index >= 15 is 0 Å². The summed E-state index contributed by atoms with van der Waals surface area (Å²) in [6.07, 6.45) is 0.914. The molecule has 0 atom stereocenters. The maximum Gasteiger partial charge on any atom is 0.409 e. The number of hydrogen-bond donors (Lipinski definition) is 1. The van der Waals surface area contributed by atoms with Crippen LogP contribution in [0.1, 0.15) is 23.2 Å². The largest absolute Gasteiger partial charge is 0.465 e. The van der Waals surface area contributed by atoms with Gasteiger partial charge in [-0.3, -0.25) is 10.1 Å². The number of nitrogens with one attached hydrogen (secondary N) is 1. The van der Waals surface area contributed by atoms with E-state index in [1.165, 1.54) is 32.4 Å². The number of hydrogen-bond acceptors (Lipinski definition) is 7. The minimum Gasteiger partial charge on any atom is -0.465 e. The minimum absolute atomic E-state index is 0.00594. The van der Waals surface area contributed by atoms with Crippen molar-refractivity contribution in [1.29, 1.82) is 0 Å². The zero-order valence-electron chi connectivity index (χ0n) is 13.5. The molecule has 1 N–H and O–H groups in total. The highest BCUT2D eigenvalue weighted by atomic mass is 16.6. The highest BCUT2D eigenvalue weighted by Crippen LogP contribution is 2.28. The quantitative estimate of drug-likeness (QED) is 0.508.